The number of H-pyrrole nitrogens is 3. The molecular weight excluding hydrogens is 1020 g/mol. The second-order valence-corrected chi connectivity index (χ2v) is 22.4. The van der Waals surface area contributed by atoms with Gasteiger partial charge >= 0.3 is 0 Å². The minimum absolute atomic E-state index is 0.406. The predicted molar refractivity (Wildman–Crippen MR) is 341 cm³/mol. The second kappa shape index (κ2) is 24.9. The Hall–Kier alpha value is -9.25. The van der Waals surface area contributed by atoms with Gasteiger partial charge in [0.1, 0.15) is 0 Å². The van der Waals surface area contributed by atoms with Gasteiger partial charge in [-0.1, -0.05) is 91.0 Å². The van der Waals surface area contributed by atoms with E-state index in [4.69, 9.17) is 0 Å². The number of aromatic nitrogens is 6. The summed E-state index contributed by atoms with van der Waals surface area (Å²) in [7, 11) is 0. The van der Waals surface area contributed by atoms with Crippen LogP contribution in [-0.2, 0) is 57.8 Å². The molecule has 6 aromatic heterocycles. The number of hydrogen-bond acceptors (Lipinski definition) is 7. The Bertz CT molecular complexity index is 4110. The second-order valence-electron chi connectivity index (χ2n) is 22.4. The lowest BCUT2D eigenvalue weighted by atomic mass is 10.0. The van der Waals surface area contributed by atoms with Gasteiger partial charge in [0, 0.05) is 135 Å². The van der Waals surface area contributed by atoms with E-state index in [2.05, 4.69) is 215 Å². The van der Waals surface area contributed by atoms with Gasteiger partial charge in [0.2, 0.25) is 0 Å². The molecule has 83 heavy (non-hydrogen) atoms. The Balaban J connectivity index is 0.000000117. The van der Waals surface area contributed by atoms with E-state index in [9.17, 15) is 5.11 Å². The molecule has 15 rings (SSSR count). The van der Waals surface area contributed by atoms with Crippen LogP contribution in [0.2, 0.25) is 0 Å². The van der Waals surface area contributed by atoms with Crippen LogP contribution in [0.25, 0.3) is 32.7 Å². The third kappa shape index (κ3) is 12.1. The summed E-state index contributed by atoms with van der Waals surface area (Å²) >= 11 is 0. The minimum Gasteiger partial charge on any atom is -0.387 e. The van der Waals surface area contributed by atoms with Gasteiger partial charge in [-0.2, -0.15) is 0 Å². The van der Waals surface area contributed by atoms with Crippen LogP contribution in [0.5, 0.6) is 0 Å². The number of aromatic amines is 3. The maximum atomic E-state index is 10.2. The zero-order valence-corrected chi connectivity index (χ0v) is 47.1. The van der Waals surface area contributed by atoms with E-state index >= 15 is 0 Å². The minimum atomic E-state index is -0.406. The molecule has 0 saturated carbocycles. The Labute approximate surface area is 486 Å². The highest BCUT2D eigenvalue weighted by Crippen LogP contribution is 2.42. The van der Waals surface area contributed by atoms with Gasteiger partial charge in [0.05, 0.1) is 11.8 Å². The molecule has 6 aromatic carbocycles. The third-order valence-electron chi connectivity index (χ3n) is 17.1. The number of aliphatic hydroxyl groups excluding tert-OH is 1. The molecule has 0 amide bonds. The fourth-order valence-electron chi connectivity index (χ4n) is 12.8. The average molecular weight is 1090 g/mol. The first-order valence-electron chi connectivity index (χ1n) is 29.8. The van der Waals surface area contributed by atoms with Crippen LogP contribution in [0.4, 0.5) is 34.1 Å². The van der Waals surface area contributed by atoms with Crippen LogP contribution in [-0.4, -0.2) is 48.1 Å². The number of pyridine rings is 3. The maximum Gasteiger partial charge on any atom is 0.0966 e. The molecule has 3 aliphatic rings. The largest absolute Gasteiger partial charge is 0.387 e. The molecule has 10 nitrogen and oxygen atoms in total. The van der Waals surface area contributed by atoms with Crippen molar-refractivity contribution in [3.05, 3.63) is 269 Å². The molecule has 0 radical (unpaired) electrons. The van der Waals surface area contributed by atoms with Crippen LogP contribution in [0.1, 0.15) is 87.6 Å². The first-order chi connectivity index (χ1) is 41.0. The Morgan fingerprint density at radius 3 is 1.47 bits per heavy atom. The highest BCUT2D eigenvalue weighted by molar-refractivity contribution is 5.85. The first-order valence-corrected chi connectivity index (χ1v) is 29.8. The fourth-order valence-corrected chi connectivity index (χ4v) is 12.8. The summed E-state index contributed by atoms with van der Waals surface area (Å²) in [5.41, 5.74) is 24.5. The Kier molecular flexibility index (Phi) is 15.9. The van der Waals surface area contributed by atoms with E-state index < -0.39 is 6.10 Å². The zero-order valence-electron chi connectivity index (χ0n) is 47.1. The van der Waals surface area contributed by atoms with Crippen molar-refractivity contribution in [3.8, 4) is 0 Å². The van der Waals surface area contributed by atoms with Gasteiger partial charge in [-0.3, -0.25) is 15.0 Å². The van der Waals surface area contributed by atoms with E-state index in [1.165, 1.54) is 112 Å². The normalized spacial score (nSPS) is 14.1. The molecule has 12 aromatic rings. The van der Waals surface area contributed by atoms with E-state index in [1.54, 1.807) is 12.4 Å². The number of benzene rings is 6. The lowest BCUT2D eigenvalue weighted by Gasteiger charge is -2.22. The van der Waals surface area contributed by atoms with E-state index in [1.807, 2.05) is 30.7 Å². The number of para-hydroxylation sites is 3. The molecule has 10 heteroatoms. The van der Waals surface area contributed by atoms with Gasteiger partial charge in [-0.05, 0) is 201 Å². The molecule has 0 bridgehead atoms. The smallest absolute Gasteiger partial charge is 0.0966 e. The van der Waals surface area contributed by atoms with Crippen LogP contribution >= 0.6 is 0 Å². The topological polar surface area (TPSA) is 125 Å². The molecule has 1 aliphatic carbocycles. The molecule has 5 N–H and O–H groups in total. The number of nitrogens with one attached hydrogen (secondary N) is 4. The number of fused-ring (bicyclic) bond motifs is 6. The van der Waals surface area contributed by atoms with Crippen LogP contribution in [0.3, 0.4) is 0 Å². The highest BCUT2D eigenvalue weighted by Gasteiger charge is 2.29. The molecule has 2 aliphatic heterocycles. The first kappa shape index (κ1) is 53.1. The van der Waals surface area contributed by atoms with Crippen LogP contribution in [0.15, 0.2) is 213 Å². The van der Waals surface area contributed by atoms with Crippen molar-refractivity contribution < 1.29 is 5.11 Å². The number of nitrogens with zero attached hydrogens (tertiary/aromatic N) is 5. The third-order valence-corrected chi connectivity index (χ3v) is 17.1. The molecule has 0 fully saturated rings. The van der Waals surface area contributed by atoms with Crippen molar-refractivity contribution in [1.82, 2.24) is 29.9 Å². The SMILES string of the molecule is OC1CCc2c(N3CCc4cc(CCCc5c[nH]c6ccccc56)ccc43)ccnc21.c1ccc2c(CCCc3ccc(Nc4ccncc4)cc3)c[nH]c2c1.c1ccc2c(CCCc3ccc4c(c3)CCN4c3ccncc3)c[nH]c2c1. The van der Waals surface area contributed by atoms with Gasteiger partial charge in [0.25, 0.3) is 0 Å². The van der Waals surface area contributed by atoms with Gasteiger partial charge < -0.3 is 35.2 Å². The average Bonchev–Trinajstić information content (AvgIpc) is 4.52. The van der Waals surface area contributed by atoms with Gasteiger partial charge in [-0.15, -0.1) is 0 Å². The summed E-state index contributed by atoms with van der Waals surface area (Å²) in [5.74, 6) is 0. The zero-order chi connectivity index (χ0) is 55.7. The summed E-state index contributed by atoms with van der Waals surface area (Å²) < 4.78 is 0. The van der Waals surface area contributed by atoms with Crippen LogP contribution < -0.4 is 15.1 Å². The number of aliphatic hydroxyl groups is 1. The number of anilines is 6. The van der Waals surface area contributed by atoms with Crippen molar-refractivity contribution >= 4 is 66.8 Å². The Morgan fingerprint density at radius 2 is 0.916 bits per heavy atom. The van der Waals surface area contributed by atoms with Gasteiger partial charge in [0.15, 0.2) is 0 Å². The van der Waals surface area contributed by atoms with Crippen molar-refractivity contribution in [2.45, 2.75) is 89.6 Å². The summed E-state index contributed by atoms with van der Waals surface area (Å²) in [5, 5.41) is 17.6. The lowest BCUT2D eigenvalue weighted by Crippen LogP contribution is -2.15. The number of rotatable bonds is 16. The molecule has 0 saturated heterocycles. The van der Waals surface area contributed by atoms with Crippen molar-refractivity contribution in [2.24, 2.45) is 0 Å². The quantitative estimate of drug-likeness (QED) is 0.0653. The summed E-state index contributed by atoms with van der Waals surface area (Å²) in [6, 6.07) is 58.5. The van der Waals surface area contributed by atoms with Crippen LogP contribution in [0, 0.1) is 0 Å². The van der Waals surface area contributed by atoms with E-state index in [-0.39, 0.29) is 0 Å². The van der Waals surface area contributed by atoms with E-state index in [0.717, 1.165) is 107 Å². The summed E-state index contributed by atoms with van der Waals surface area (Å²) in [6.45, 7) is 2.05. The molecule has 1 atom stereocenters. The molecule has 1 unspecified atom stereocenters. The maximum absolute atomic E-state index is 10.2. The summed E-state index contributed by atoms with van der Waals surface area (Å²) in [4.78, 5) is 27.5. The predicted octanol–water partition coefficient (Wildman–Crippen LogP) is 16.3. The highest BCUT2D eigenvalue weighted by atomic mass is 16.3. The number of aryl methyl sites for hydroxylation is 6. The van der Waals surface area contributed by atoms with Crippen molar-refractivity contribution in [2.75, 3.05) is 28.2 Å². The van der Waals surface area contributed by atoms with E-state index in [0.29, 0.717) is 0 Å². The molecule has 414 valence electrons. The van der Waals surface area contributed by atoms with Gasteiger partial charge in [-0.25, -0.2) is 0 Å². The summed E-state index contributed by atoms with van der Waals surface area (Å²) in [6.07, 6.45) is 29.2. The Morgan fingerprint density at radius 1 is 0.446 bits per heavy atom. The monoisotopic (exact) mass is 1090 g/mol. The standard InChI is InChI=1S/C27H27N3O.C24H23N3.C22H21N3/c31-26-11-9-22-25(12-14-28-27(22)26)30-15-13-19-16-18(8-10-24(19)30)4-3-5-20-17-29-23-7-2-1-6-21(20)23;1-2-7-23-22(6-1)20(17-26-23)5-3-4-18-8-9-24-19(16-18)12-15-27(24)21-10-13-25-14-11-21;1-2-7-22-21(6-1)18(16-24-22)5-3-4-17-8-10-19(11-9-17)25-20-12-14-23-15-13-20/h1-2,6-8,10,12,14,16-17,26,29,31H,3-5,9,11,13,15H2;1-2,6-11,13-14,16-17,26H,3-5,12,15H2;1-2,6-16,24H,3-5H2,(H,23,25). The molecular formula is C73H71N9O. The fraction of sp³-hybridized carbons (Fsp3) is 0.219. The molecule has 8 heterocycles. The van der Waals surface area contributed by atoms with Crippen molar-refractivity contribution in [3.63, 3.8) is 0 Å². The number of hydrogen-bond donors (Lipinski definition) is 5. The molecule has 0 spiro atoms. The van der Waals surface area contributed by atoms with Crippen molar-refractivity contribution in [1.29, 1.82) is 0 Å². The lowest BCUT2D eigenvalue weighted by molar-refractivity contribution is 0.176.